The molecule has 1 aromatic carbocycles. The molecule has 0 aliphatic carbocycles. The van der Waals surface area contributed by atoms with E-state index in [1.807, 2.05) is 0 Å². The molecule has 0 spiro atoms. The first kappa shape index (κ1) is 13.5. The number of benzene rings is 1. The monoisotopic (exact) mass is 286 g/mol. The number of fused-ring (bicyclic) bond motifs is 2. The Bertz CT molecular complexity index is 596. The standard InChI is InChI=1S/C11H10O7S/c12-10-7-4-8(6-9(5-7)19(14,15)16)11(13)18-3-1-2-17-10/h4-6H,1-3H2,(H,14,15,16). The van der Waals surface area contributed by atoms with Gasteiger partial charge in [0, 0.05) is 6.42 Å². The molecule has 0 atom stereocenters. The van der Waals surface area contributed by atoms with E-state index in [1.54, 1.807) is 0 Å². The molecule has 1 N–H and O–H groups in total. The van der Waals surface area contributed by atoms with Crippen molar-refractivity contribution in [1.82, 2.24) is 0 Å². The number of hydrogen-bond donors (Lipinski definition) is 1. The highest BCUT2D eigenvalue weighted by molar-refractivity contribution is 7.85. The highest BCUT2D eigenvalue weighted by Crippen LogP contribution is 2.18. The summed E-state index contributed by atoms with van der Waals surface area (Å²) < 4.78 is 40.9. The van der Waals surface area contributed by atoms with Crippen LogP contribution in [-0.2, 0) is 19.6 Å². The molecule has 1 heterocycles. The van der Waals surface area contributed by atoms with Crippen LogP contribution in [-0.4, -0.2) is 38.1 Å². The molecule has 1 aliphatic rings. The van der Waals surface area contributed by atoms with Gasteiger partial charge < -0.3 is 9.47 Å². The average Bonchev–Trinajstić information content (AvgIpc) is 2.35. The summed E-state index contributed by atoms with van der Waals surface area (Å²) in [5.41, 5.74) is -0.270. The van der Waals surface area contributed by atoms with Crippen molar-refractivity contribution in [3.63, 3.8) is 0 Å². The highest BCUT2D eigenvalue weighted by atomic mass is 32.2. The van der Waals surface area contributed by atoms with Crippen LogP contribution < -0.4 is 0 Å². The van der Waals surface area contributed by atoms with E-state index in [9.17, 15) is 18.0 Å². The zero-order valence-corrected chi connectivity index (χ0v) is 10.5. The van der Waals surface area contributed by atoms with Crippen molar-refractivity contribution in [2.24, 2.45) is 0 Å². The molecule has 0 radical (unpaired) electrons. The largest absolute Gasteiger partial charge is 0.462 e. The zero-order chi connectivity index (χ0) is 14.0. The zero-order valence-electron chi connectivity index (χ0n) is 9.66. The maximum atomic E-state index is 11.6. The molecule has 1 aliphatic heterocycles. The average molecular weight is 286 g/mol. The Kier molecular flexibility index (Phi) is 3.54. The van der Waals surface area contributed by atoms with E-state index in [0.29, 0.717) is 6.42 Å². The van der Waals surface area contributed by atoms with E-state index in [-0.39, 0.29) is 24.3 Å². The minimum absolute atomic E-state index is 0.0531. The molecule has 0 saturated carbocycles. The fourth-order valence-corrected chi connectivity index (χ4v) is 2.09. The van der Waals surface area contributed by atoms with Gasteiger partial charge in [-0.2, -0.15) is 8.42 Å². The van der Waals surface area contributed by atoms with Gasteiger partial charge in [-0.15, -0.1) is 0 Å². The molecule has 1 aromatic rings. The van der Waals surface area contributed by atoms with Crippen LogP contribution in [0.4, 0.5) is 0 Å². The van der Waals surface area contributed by atoms with E-state index >= 15 is 0 Å². The maximum absolute atomic E-state index is 11.6. The summed E-state index contributed by atoms with van der Waals surface area (Å²) >= 11 is 0. The van der Waals surface area contributed by atoms with Gasteiger partial charge in [-0.25, -0.2) is 9.59 Å². The summed E-state index contributed by atoms with van der Waals surface area (Å²) in [6.45, 7) is 0.106. The van der Waals surface area contributed by atoms with Crippen molar-refractivity contribution in [2.45, 2.75) is 11.3 Å². The number of esters is 2. The quantitative estimate of drug-likeness (QED) is 0.596. The Labute approximate surface area is 108 Å². The molecule has 19 heavy (non-hydrogen) atoms. The lowest BCUT2D eigenvalue weighted by atomic mass is 10.1. The molecule has 2 bridgehead atoms. The van der Waals surface area contributed by atoms with Crippen molar-refractivity contribution in [3.8, 4) is 0 Å². The lowest BCUT2D eigenvalue weighted by Gasteiger charge is -2.11. The molecule has 8 heteroatoms. The van der Waals surface area contributed by atoms with Crippen molar-refractivity contribution in [2.75, 3.05) is 13.2 Å². The Morgan fingerprint density at radius 1 is 0.947 bits per heavy atom. The van der Waals surface area contributed by atoms with Gasteiger partial charge in [-0.3, -0.25) is 4.55 Å². The second kappa shape index (κ2) is 4.98. The van der Waals surface area contributed by atoms with Gasteiger partial charge in [0.1, 0.15) is 0 Å². The summed E-state index contributed by atoms with van der Waals surface area (Å²) in [6, 6.07) is 3.04. The van der Waals surface area contributed by atoms with Gasteiger partial charge in [-0.1, -0.05) is 0 Å². The highest BCUT2D eigenvalue weighted by Gasteiger charge is 2.21. The number of cyclic esters (lactones) is 2. The van der Waals surface area contributed by atoms with Crippen LogP contribution >= 0.6 is 0 Å². The van der Waals surface area contributed by atoms with Crippen LogP contribution in [0.15, 0.2) is 23.1 Å². The molecule has 0 saturated heterocycles. The number of rotatable bonds is 1. The third kappa shape index (κ3) is 3.09. The molecule has 102 valence electrons. The summed E-state index contributed by atoms with van der Waals surface area (Å²) in [4.78, 5) is 22.7. The Morgan fingerprint density at radius 2 is 1.42 bits per heavy atom. The van der Waals surface area contributed by atoms with Gasteiger partial charge in [0.25, 0.3) is 10.1 Å². The fraction of sp³-hybridized carbons (Fsp3) is 0.273. The number of carbonyl (C=O) groups excluding carboxylic acids is 2. The normalized spacial score (nSPS) is 16.5. The SMILES string of the molecule is O=C1OCCCOC(=O)c2cc1cc(S(=O)(=O)O)c2. The van der Waals surface area contributed by atoms with Gasteiger partial charge in [0.05, 0.1) is 29.2 Å². The molecule has 0 fully saturated rings. The lowest BCUT2D eigenvalue weighted by molar-refractivity contribution is 0.0384. The van der Waals surface area contributed by atoms with Crippen LogP contribution in [0.1, 0.15) is 27.1 Å². The lowest BCUT2D eigenvalue weighted by Crippen LogP contribution is -2.16. The molecular formula is C11H10O7S. The molecule has 0 unspecified atom stereocenters. The van der Waals surface area contributed by atoms with Crippen molar-refractivity contribution >= 4 is 22.1 Å². The third-order valence-electron chi connectivity index (χ3n) is 2.43. The summed E-state index contributed by atoms with van der Waals surface area (Å²) in [5.74, 6) is -1.53. The van der Waals surface area contributed by atoms with Crippen LogP contribution in [0, 0.1) is 0 Å². The molecule has 2 rings (SSSR count). The van der Waals surface area contributed by atoms with E-state index in [1.165, 1.54) is 0 Å². The molecule has 0 amide bonds. The Morgan fingerprint density at radius 3 is 1.84 bits per heavy atom. The minimum atomic E-state index is -4.54. The first-order valence-corrected chi connectivity index (χ1v) is 6.79. The second-order valence-corrected chi connectivity index (χ2v) is 5.27. The van der Waals surface area contributed by atoms with Crippen LogP contribution in [0.5, 0.6) is 0 Å². The van der Waals surface area contributed by atoms with E-state index in [4.69, 9.17) is 14.0 Å². The first-order valence-electron chi connectivity index (χ1n) is 5.35. The van der Waals surface area contributed by atoms with Gasteiger partial charge in [0.2, 0.25) is 0 Å². The first-order chi connectivity index (χ1) is 8.88. The van der Waals surface area contributed by atoms with Gasteiger partial charge >= 0.3 is 11.9 Å². The van der Waals surface area contributed by atoms with Crippen LogP contribution in [0.3, 0.4) is 0 Å². The number of carbonyl (C=O) groups is 2. The van der Waals surface area contributed by atoms with E-state index < -0.39 is 27.0 Å². The van der Waals surface area contributed by atoms with E-state index in [0.717, 1.165) is 18.2 Å². The van der Waals surface area contributed by atoms with Crippen molar-refractivity contribution < 1.29 is 32.0 Å². The third-order valence-corrected chi connectivity index (χ3v) is 3.26. The molecular weight excluding hydrogens is 276 g/mol. The van der Waals surface area contributed by atoms with Crippen LogP contribution in [0.25, 0.3) is 0 Å². The molecule has 7 nitrogen and oxygen atoms in total. The minimum Gasteiger partial charge on any atom is -0.462 e. The fourth-order valence-electron chi connectivity index (χ4n) is 1.54. The predicted octanol–water partition coefficient (Wildman–Crippen LogP) is 0.651. The van der Waals surface area contributed by atoms with Crippen molar-refractivity contribution in [1.29, 1.82) is 0 Å². The van der Waals surface area contributed by atoms with Gasteiger partial charge in [0.15, 0.2) is 0 Å². The summed E-state index contributed by atoms with van der Waals surface area (Å²) in [6.07, 6.45) is 0.354. The maximum Gasteiger partial charge on any atom is 0.338 e. The predicted molar refractivity (Wildman–Crippen MR) is 61.4 cm³/mol. The Hall–Kier alpha value is -1.93. The van der Waals surface area contributed by atoms with E-state index in [2.05, 4.69) is 0 Å². The topological polar surface area (TPSA) is 107 Å². The Balaban J connectivity index is 2.59. The van der Waals surface area contributed by atoms with Crippen LogP contribution in [0.2, 0.25) is 0 Å². The van der Waals surface area contributed by atoms with Crippen molar-refractivity contribution in [3.05, 3.63) is 29.3 Å². The number of ether oxygens (including phenoxy) is 2. The summed E-state index contributed by atoms with van der Waals surface area (Å²) in [7, 11) is -4.54. The summed E-state index contributed by atoms with van der Waals surface area (Å²) in [5, 5.41) is 0. The second-order valence-electron chi connectivity index (χ2n) is 3.85. The molecule has 0 aromatic heterocycles. The number of hydrogen-bond acceptors (Lipinski definition) is 6. The smallest absolute Gasteiger partial charge is 0.338 e. The van der Waals surface area contributed by atoms with Gasteiger partial charge in [-0.05, 0) is 18.2 Å².